The zero-order valence-corrected chi connectivity index (χ0v) is 2.44. The molecular weight excluding hydrogens is 50.0 g/mol. The molecule has 0 radical (unpaired) electrons. The SMILES string of the molecule is [2H]N([2H])CC=C. The summed E-state index contributed by atoms with van der Waals surface area (Å²) >= 11 is 0. The normalized spacial score (nSPS) is 14.2. The highest BCUT2D eigenvalue weighted by atomic mass is 14.5. The summed E-state index contributed by atoms with van der Waals surface area (Å²) in [5.74, 6) is 0. The zero-order chi connectivity index (χ0) is 4.99. The van der Waals surface area contributed by atoms with Gasteiger partial charge in [0, 0.05) is 6.54 Å². The minimum Gasteiger partial charge on any atom is -0.327 e. The minimum atomic E-state index is 0.306. The summed E-state index contributed by atoms with van der Waals surface area (Å²) in [6.07, 6.45) is 1.50. The van der Waals surface area contributed by atoms with Crippen LogP contribution in [-0.4, -0.2) is 6.54 Å². The van der Waals surface area contributed by atoms with Crippen LogP contribution in [-0.2, 0) is 0 Å². The zero-order valence-electron chi connectivity index (χ0n) is 4.44. The van der Waals surface area contributed by atoms with E-state index in [0.29, 0.717) is 12.3 Å². The van der Waals surface area contributed by atoms with Gasteiger partial charge in [0.05, 0.1) is 0 Å². The van der Waals surface area contributed by atoms with Crippen LogP contribution in [0.1, 0.15) is 0 Å². The van der Waals surface area contributed by atoms with Crippen LogP contribution in [0.2, 0.25) is 2.82 Å². The van der Waals surface area contributed by atoms with Gasteiger partial charge in [-0.3, -0.25) is 0 Å². The molecule has 0 aromatic rings. The van der Waals surface area contributed by atoms with Crippen molar-refractivity contribution < 1.29 is 2.82 Å². The summed E-state index contributed by atoms with van der Waals surface area (Å²) in [6, 6.07) is 0. The molecule has 0 atom stereocenters. The maximum Gasteiger partial charge on any atom is 0.119 e. The lowest BCUT2D eigenvalue weighted by molar-refractivity contribution is 1.26. The molecule has 24 valence electrons. The van der Waals surface area contributed by atoms with Crippen molar-refractivity contribution in [3.8, 4) is 0 Å². The predicted octanol–water partition coefficient (Wildman–Crippen LogP) is 0.131. The van der Waals surface area contributed by atoms with Gasteiger partial charge in [0.15, 0.2) is 0 Å². The molecule has 0 spiro atoms. The molecule has 0 heterocycles. The first-order chi connectivity index (χ1) is 2.77. The highest BCUT2D eigenvalue weighted by Gasteiger charge is 1.43. The Morgan fingerprint density at radius 3 is 3.25 bits per heavy atom. The Kier molecular flexibility index (Phi) is 0.824. The summed E-state index contributed by atoms with van der Waals surface area (Å²) in [4.78, 5) is 0. The van der Waals surface area contributed by atoms with Crippen LogP contribution in [0.3, 0.4) is 0 Å². The molecule has 0 amide bonds. The number of hydrogen-bond donors (Lipinski definition) is 1. The van der Waals surface area contributed by atoms with Crippen molar-refractivity contribution >= 4 is 0 Å². The quantitative estimate of drug-likeness (QED) is 0.449. The van der Waals surface area contributed by atoms with Crippen LogP contribution >= 0.6 is 0 Å². The molecule has 2 N–H and O–H groups in total. The van der Waals surface area contributed by atoms with Gasteiger partial charge >= 0.3 is 0 Å². The maximum absolute atomic E-state index is 6.41. The van der Waals surface area contributed by atoms with E-state index in [9.17, 15) is 0 Å². The fraction of sp³-hybridized carbons (Fsp3) is 0.333. The summed E-state index contributed by atoms with van der Waals surface area (Å²) in [7, 11) is 0. The maximum atomic E-state index is 6.41. The van der Waals surface area contributed by atoms with E-state index in [1.165, 1.54) is 6.08 Å². The van der Waals surface area contributed by atoms with Gasteiger partial charge < -0.3 is 5.72 Å². The van der Waals surface area contributed by atoms with Gasteiger partial charge in [-0.05, 0) is 0 Å². The Hall–Kier alpha value is -0.300. The second-order valence-corrected chi connectivity index (χ2v) is 0.471. The van der Waals surface area contributed by atoms with Gasteiger partial charge in [-0.1, -0.05) is 6.08 Å². The van der Waals surface area contributed by atoms with Crippen LogP contribution in [0.4, 0.5) is 0 Å². The fourth-order valence-corrected chi connectivity index (χ4v) is 0. The van der Waals surface area contributed by atoms with E-state index in [1.54, 1.807) is 0 Å². The van der Waals surface area contributed by atoms with Crippen molar-refractivity contribution in [2.45, 2.75) is 0 Å². The van der Waals surface area contributed by atoms with Crippen LogP contribution in [0.25, 0.3) is 0 Å². The average Bonchev–Trinajstić information content (AvgIpc) is 1.35. The first-order valence-electron chi connectivity index (χ1n) is 2.03. The smallest absolute Gasteiger partial charge is 0.119 e. The topological polar surface area (TPSA) is 26.0 Å². The average molecular weight is 59.1 g/mol. The van der Waals surface area contributed by atoms with Crippen molar-refractivity contribution in [1.82, 2.24) is 0 Å². The lowest BCUT2D eigenvalue weighted by Crippen LogP contribution is -1.90. The largest absolute Gasteiger partial charge is 0.327 e. The van der Waals surface area contributed by atoms with Gasteiger partial charge in [0.2, 0.25) is 0 Å². The molecule has 4 heavy (non-hydrogen) atoms. The van der Waals surface area contributed by atoms with E-state index in [1.807, 2.05) is 0 Å². The van der Waals surface area contributed by atoms with Crippen molar-refractivity contribution in [1.29, 1.82) is 0 Å². The van der Waals surface area contributed by atoms with Crippen molar-refractivity contribution in [2.24, 2.45) is 5.72 Å². The first-order valence-corrected chi connectivity index (χ1v) is 1.13. The number of rotatable bonds is 2. The second kappa shape index (κ2) is 2.70. The van der Waals surface area contributed by atoms with E-state index in [2.05, 4.69) is 6.58 Å². The highest BCUT2D eigenvalue weighted by molar-refractivity contribution is 4.64. The van der Waals surface area contributed by atoms with E-state index < -0.39 is 0 Å². The first kappa shape index (κ1) is 1.22. The molecule has 0 bridgehead atoms. The third-order valence-corrected chi connectivity index (χ3v) is 0.129. The van der Waals surface area contributed by atoms with Crippen molar-refractivity contribution in [3.05, 3.63) is 12.7 Å². The van der Waals surface area contributed by atoms with Gasteiger partial charge in [-0.25, -0.2) is 0 Å². The molecule has 0 aromatic carbocycles. The van der Waals surface area contributed by atoms with Gasteiger partial charge in [0.25, 0.3) is 0 Å². The lowest BCUT2D eigenvalue weighted by Gasteiger charge is -1.61. The lowest BCUT2D eigenvalue weighted by atomic mass is 10.7. The monoisotopic (exact) mass is 59.1 g/mol. The Morgan fingerprint density at radius 2 is 3.25 bits per heavy atom. The minimum absolute atomic E-state index is 0.306. The van der Waals surface area contributed by atoms with Crippen LogP contribution in [0.15, 0.2) is 12.7 Å². The Labute approximate surface area is 29.0 Å². The van der Waals surface area contributed by atoms with Crippen molar-refractivity contribution in [2.75, 3.05) is 6.54 Å². The van der Waals surface area contributed by atoms with Crippen LogP contribution in [0.5, 0.6) is 0 Å². The van der Waals surface area contributed by atoms with Crippen LogP contribution in [0, 0.1) is 0 Å². The van der Waals surface area contributed by atoms with Crippen molar-refractivity contribution in [3.63, 3.8) is 0 Å². The molecule has 0 saturated carbocycles. The van der Waals surface area contributed by atoms with Gasteiger partial charge in [-0.15, -0.1) is 6.58 Å². The predicted molar refractivity (Wildman–Crippen MR) is 19.3 cm³/mol. The fourth-order valence-electron chi connectivity index (χ4n) is 0. The Balaban J connectivity index is 2.81. The Bertz CT molecular complexity index is 44.1. The van der Waals surface area contributed by atoms with Gasteiger partial charge in [0.1, 0.15) is 2.82 Å². The summed E-state index contributed by atoms with van der Waals surface area (Å²) < 4.78 is 12.8. The Morgan fingerprint density at radius 1 is 2.50 bits per heavy atom. The van der Waals surface area contributed by atoms with E-state index in [0.717, 1.165) is 0 Å². The molecule has 0 fully saturated rings. The molecule has 0 rings (SSSR count). The van der Waals surface area contributed by atoms with Crippen LogP contribution < -0.4 is 5.72 Å². The second-order valence-electron chi connectivity index (χ2n) is 0.471. The number of nitrogens with two attached hydrogens (primary N) is 1. The third kappa shape index (κ3) is 1.70. The van der Waals surface area contributed by atoms with E-state index in [-0.39, 0.29) is 0 Å². The molecule has 0 unspecified atom stereocenters. The summed E-state index contributed by atoms with van der Waals surface area (Å²) in [5.41, 5.74) is 0.562. The summed E-state index contributed by atoms with van der Waals surface area (Å²) in [5, 5.41) is 0. The van der Waals surface area contributed by atoms with Gasteiger partial charge in [-0.2, -0.15) is 0 Å². The molecule has 0 aliphatic heterocycles. The molecule has 0 aliphatic carbocycles. The molecule has 1 heteroatoms. The standard InChI is InChI=1S/C3H7N/c1-2-3-4/h2H,1,3-4H2/i/hD2. The number of hydrogen-bond acceptors (Lipinski definition) is 1. The third-order valence-electron chi connectivity index (χ3n) is 0.129. The summed E-state index contributed by atoms with van der Waals surface area (Å²) in [6.45, 7) is 3.62. The molecule has 0 aromatic heterocycles. The molecular formula is C3H7N. The molecule has 0 aliphatic rings. The van der Waals surface area contributed by atoms with E-state index in [4.69, 9.17) is 2.82 Å². The molecule has 0 saturated heterocycles. The van der Waals surface area contributed by atoms with E-state index >= 15 is 0 Å². The highest BCUT2D eigenvalue weighted by Crippen LogP contribution is 1.40. The molecule has 1 nitrogen and oxygen atoms in total.